The van der Waals surface area contributed by atoms with Gasteiger partial charge in [-0.05, 0) is 43.3 Å². The van der Waals surface area contributed by atoms with Crippen molar-refractivity contribution in [2.75, 3.05) is 0 Å². The van der Waals surface area contributed by atoms with Crippen LogP contribution in [0, 0.1) is 6.92 Å². The van der Waals surface area contributed by atoms with E-state index in [1.807, 2.05) is 85.8 Å². The maximum absolute atomic E-state index is 13.3. The molecule has 0 unspecified atom stereocenters. The number of para-hydroxylation sites is 2. The summed E-state index contributed by atoms with van der Waals surface area (Å²) < 4.78 is 7.75. The van der Waals surface area contributed by atoms with Gasteiger partial charge in [-0.1, -0.05) is 48.0 Å². The Morgan fingerprint density at radius 2 is 1.56 bits per heavy atom. The number of nitrogens with zero attached hydrogens (tertiary/aromatic N) is 2. The van der Waals surface area contributed by atoms with Gasteiger partial charge in [0.1, 0.15) is 0 Å². The first-order valence-electron chi connectivity index (χ1n) is 8.79. The first-order chi connectivity index (χ1) is 13.2. The van der Waals surface area contributed by atoms with Crippen molar-refractivity contribution in [3.8, 4) is 17.1 Å². The molecular formula is C23H16N2O2. The molecule has 5 rings (SSSR count). The molecule has 0 N–H and O–H groups in total. The number of oxazole rings is 1. The molecule has 4 nitrogen and oxygen atoms in total. The third-order valence-electron chi connectivity index (χ3n) is 4.74. The summed E-state index contributed by atoms with van der Waals surface area (Å²) in [6.07, 6.45) is 0. The summed E-state index contributed by atoms with van der Waals surface area (Å²) in [4.78, 5) is 17.8. The lowest BCUT2D eigenvalue weighted by Gasteiger charge is -2.10. The molecule has 3 aromatic carbocycles. The van der Waals surface area contributed by atoms with Crippen LogP contribution < -0.4 is 5.56 Å². The van der Waals surface area contributed by atoms with Crippen LogP contribution in [0.15, 0.2) is 88.1 Å². The molecule has 0 spiro atoms. The number of benzene rings is 3. The fraction of sp³-hybridized carbons (Fsp3) is 0.0435. The average Bonchev–Trinajstić information content (AvgIpc) is 3.16. The summed E-state index contributed by atoms with van der Waals surface area (Å²) in [7, 11) is 0. The largest absolute Gasteiger partial charge is 0.435 e. The van der Waals surface area contributed by atoms with Crippen molar-refractivity contribution in [1.82, 2.24) is 9.55 Å². The predicted molar refractivity (Wildman–Crippen MR) is 107 cm³/mol. The summed E-state index contributed by atoms with van der Waals surface area (Å²) in [6, 6.07) is 25.3. The topological polar surface area (TPSA) is 48.0 Å². The van der Waals surface area contributed by atoms with Crippen molar-refractivity contribution >= 4 is 22.0 Å². The minimum absolute atomic E-state index is 0.183. The molecule has 0 saturated heterocycles. The molecule has 5 aromatic rings. The molecule has 0 aliphatic rings. The monoisotopic (exact) mass is 352 g/mol. The number of aromatic nitrogens is 2. The predicted octanol–water partition coefficient (Wildman–Crippen LogP) is 5.11. The van der Waals surface area contributed by atoms with Gasteiger partial charge in [0.25, 0.3) is 5.56 Å². The summed E-state index contributed by atoms with van der Waals surface area (Å²) in [5.74, 6) is 0.457. The van der Waals surface area contributed by atoms with Gasteiger partial charge >= 0.3 is 0 Å². The molecule has 0 bridgehead atoms. The van der Waals surface area contributed by atoms with Gasteiger partial charge in [0.15, 0.2) is 11.1 Å². The second-order valence-electron chi connectivity index (χ2n) is 6.56. The minimum Gasteiger partial charge on any atom is -0.435 e. The van der Waals surface area contributed by atoms with Crippen LogP contribution in [0.4, 0.5) is 0 Å². The highest BCUT2D eigenvalue weighted by Gasteiger charge is 2.18. The van der Waals surface area contributed by atoms with E-state index in [4.69, 9.17) is 4.42 Å². The van der Waals surface area contributed by atoms with Crippen LogP contribution >= 0.6 is 0 Å². The molecule has 0 saturated carbocycles. The average molecular weight is 352 g/mol. The van der Waals surface area contributed by atoms with Crippen molar-refractivity contribution in [2.45, 2.75) is 6.92 Å². The number of hydrogen-bond acceptors (Lipinski definition) is 3. The van der Waals surface area contributed by atoms with Crippen LogP contribution in [0.3, 0.4) is 0 Å². The normalized spacial score (nSPS) is 11.3. The van der Waals surface area contributed by atoms with Crippen LogP contribution in [0.1, 0.15) is 5.56 Å². The van der Waals surface area contributed by atoms with Gasteiger partial charge in [-0.3, -0.25) is 9.36 Å². The van der Waals surface area contributed by atoms with Crippen molar-refractivity contribution in [2.24, 2.45) is 0 Å². The first-order valence-corrected chi connectivity index (χ1v) is 8.79. The maximum Gasteiger partial charge on any atom is 0.285 e. The number of rotatable bonds is 2. The Bertz CT molecular complexity index is 1330. The first kappa shape index (κ1) is 15.6. The van der Waals surface area contributed by atoms with Crippen molar-refractivity contribution < 1.29 is 4.42 Å². The van der Waals surface area contributed by atoms with Crippen LogP contribution in [-0.4, -0.2) is 9.55 Å². The molecule has 130 valence electrons. The van der Waals surface area contributed by atoms with Gasteiger partial charge in [-0.2, -0.15) is 0 Å². The van der Waals surface area contributed by atoms with Crippen LogP contribution in [0.5, 0.6) is 0 Å². The van der Waals surface area contributed by atoms with Gasteiger partial charge < -0.3 is 4.42 Å². The van der Waals surface area contributed by atoms with E-state index in [0.717, 1.165) is 27.7 Å². The van der Waals surface area contributed by atoms with E-state index in [1.54, 1.807) is 4.57 Å². The second-order valence-corrected chi connectivity index (χ2v) is 6.56. The third kappa shape index (κ3) is 2.46. The van der Waals surface area contributed by atoms with Gasteiger partial charge in [-0.25, -0.2) is 4.98 Å². The fourth-order valence-electron chi connectivity index (χ4n) is 3.38. The standard InChI is InChI=1S/C23H16N2O2/c1-15-11-13-16(14-12-15)22-24-20-21(27-22)18-9-5-6-10-19(18)25(23(20)26)17-7-3-2-4-8-17/h2-14H,1H3. The zero-order chi connectivity index (χ0) is 18.4. The number of fused-ring (bicyclic) bond motifs is 3. The lowest BCUT2D eigenvalue weighted by atomic mass is 10.1. The molecule has 27 heavy (non-hydrogen) atoms. The number of hydrogen-bond donors (Lipinski definition) is 0. The lowest BCUT2D eigenvalue weighted by molar-refractivity contribution is 0.622. The molecule has 0 aliphatic carbocycles. The summed E-state index contributed by atoms with van der Waals surface area (Å²) in [6.45, 7) is 2.03. The van der Waals surface area contributed by atoms with Gasteiger partial charge in [0.2, 0.25) is 5.89 Å². The Balaban J connectivity index is 1.88. The van der Waals surface area contributed by atoms with E-state index in [2.05, 4.69) is 4.98 Å². The zero-order valence-electron chi connectivity index (χ0n) is 14.7. The van der Waals surface area contributed by atoms with Crippen LogP contribution in [-0.2, 0) is 0 Å². The highest BCUT2D eigenvalue weighted by molar-refractivity contribution is 6.02. The summed E-state index contributed by atoms with van der Waals surface area (Å²) in [5.41, 5.74) is 4.30. The number of aryl methyl sites for hydroxylation is 1. The van der Waals surface area contributed by atoms with Gasteiger partial charge in [-0.15, -0.1) is 0 Å². The second kappa shape index (κ2) is 5.95. The Kier molecular flexibility index (Phi) is 3.44. The van der Waals surface area contributed by atoms with Crippen molar-refractivity contribution in [3.05, 3.63) is 94.8 Å². The van der Waals surface area contributed by atoms with E-state index in [1.165, 1.54) is 0 Å². The van der Waals surface area contributed by atoms with Crippen molar-refractivity contribution in [1.29, 1.82) is 0 Å². The molecule has 0 radical (unpaired) electrons. The Morgan fingerprint density at radius 1 is 0.852 bits per heavy atom. The minimum atomic E-state index is -0.183. The third-order valence-corrected chi connectivity index (χ3v) is 4.74. The molecular weight excluding hydrogens is 336 g/mol. The Labute approximate surface area is 155 Å². The molecule has 0 amide bonds. The molecule has 0 fully saturated rings. The van der Waals surface area contributed by atoms with Crippen LogP contribution in [0.2, 0.25) is 0 Å². The quantitative estimate of drug-likeness (QED) is 0.444. The molecule has 2 aromatic heterocycles. The smallest absolute Gasteiger partial charge is 0.285 e. The highest BCUT2D eigenvalue weighted by atomic mass is 16.3. The fourth-order valence-corrected chi connectivity index (χ4v) is 3.38. The van der Waals surface area contributed by atoms with E-state index < -0.39 is 0 Å². The highest BCUT2D eigenvalue weighted by Crippen LogP contribution is 2.29. The van der Waals surface area contributed by atoms with Gasteiger partial charge in [0.05, 0.1) is 5.52 Å². The SMILES string of the molecule is Cc1ccc(-c2nc3c(=O)n(-c4ccccc4)c4ccccc4c3o2)cc1. The van der Waals surface area contributed by atoms with Crippen molar-refractivity contribution in [3.63, 3.8) is 0 Å². The van der Waals surface area contributed by atoms with E-state index >= 15 is 0 Å². The molecule has 0 atom stereocenters. The number of pyridine rings is 1. The summed E-state index contributed by atoms with van der Waals surface area (Å²) >= 11 is 0. The maximum atomic E-state index is 13.3. The molecule has 0 aliphatic heterocycles. The Morgan fingerprint density at radius 3 is 2.33 bits per heavy atom. The van der Waals surface area contributed by atoms with Crippen LogP contribution in [0.25, 0.3) is 39.1 Å². The molecule has 2 heterocycles. The van der Waals surface area contributed by atoms with E-state index in [9.17, 15) is 4.79 Å². The molecule has 4 heteroatoms. The van der Waals surface area contributed by atoms with E-state index in [0.29, 0.717) is 17.0 Å². The lowest BCUT2D eigenvalue weighted by Crippen LogP contribution is -2.19. The zero-order valence-corrected chi connectivity index (χ0v) is 14.7. The van der Waals surface area contributed by atoms with Gasteiger partial charge in [0, 0.05) is 16.6 Å². The Hall–Kier alpha value is -3.66. The van der Waals surface area contributed by atoms with E-state index in [-0.39, 0.29) is 5.56 Å². The summed E-state index contributed by atoms with van der Waals surface area (Å²) in [5, 5.41) is 0.863.